The number of rotatable bonds is 4. The quantitative estimate of drug-likeness (QED) is 0.714. The minimum Gasteiger partial charge on any atom is -0.342 e. The van der Waals surface area contributed by atoms with E-state index in [0.717, 1.165) is 23.5 Å². The van der Waals surface area contributed by atoms with Gasteiger partial charge in [0.05, 0.1) is 0 Å². The normalized spacial score (nSPS) is 12.6. The van der Waals surface area contributed by atoms with Crippen molar-refractivity contribution in [1.82, 2.24) is 9.97 Å². The number of imidazole rings is 1. The molecule has 1 aromatic rings. The summed E-state index contributed by atoms with van der Waals surface area (Å²) in [5, 5.41) is 0. The molecule has 0 fully saturated rings. The molecule has 3 N–H and O–H groups in total. The molecule has 0 unspecified atom stereocenters. The fraction of sp³-hybridized carbons (Fsp3) is 0.364. The highest BCUT2D eigenvalue weighted by molar-refractivity contribution is 5.59. The van der Waals surface area contributed by atoms with E-state index in [9.17, 15) is 0 Å². The van der Waals surface area contributed by atoms with Crippen LogP contribution >= 0.6 is 0 Å². The van der Waals surface area contributed by atoms with Gasteiger partial charge in [-0.25, -0.2) is 4.98 Å². The summed E-state index contributed by atoms with van der Waals surface area (Å²) in [7, 11) is 0. The molecule has 0 aromatic carbocycles. The van der Waals surface area contributed by atoms with Crippen LogP contribution in [0.1, 0.15) is 25.4 Å². The van der Waals surface area contributed by atoms with E-state index in [1.165, 1.54) is 0 Å². The van der Waals surface area contributed by atoms with Gasteiger partial charge >= 0.3 is 0 Å². The molecule has 3 nitrogen and oxygen atoms in total. The zero-order valence-electron chi connectivity index (χ0n) is 8.75. The number of nitrogens with zero attached hydrogens (tertiary/aromatic N) is 1. The Labute approximate surface area is 84.7 Å². The van der Waals surface area contributed by atoms with E-state index in [1.807, 2.05) is 38.3 Å². The third-order valence-electron chi connectivity index (χ3n) is 1.95. The lowest BCUT2D eigenvalue weighted by Gasteiger charge is -1.94. The van der Waals surface area contributed by atoms with E-state index in [1.54, 1.807) is 0 Å². The van der Waals surface area contributed by atoms with E-state index in [0.29, 0.717) is 6.54 Å². The largest absolute Gasteiger partial charge is 0.342 e. The van der Waals surface area contributed by atoms with Crippen LogP contribution in [0.5, 0.6) is 0 Å². The van der Waals surface area contributed by atoms with Crippen molar-refractivity contribution in [3.63, 3.8) is 0 Å². The Kier molecular flexibility index (Phi) is 4.13. The van der Waals surface area contributed by atoms with Gasteiger partial charge in [0, 0.05) is 18.3 Å². The van der Waals surface area contributed by atoms with Gasteiger partial charge < -0.3 is 10.7 Å². The Morgan fingerprint density at radius 1 is 1.64 bits per heavy atom. The van der Waals surface area contributed by atoms with Crippen LogP contribution in [0, 0.1) is 0 Å². The van der Waals surface area contributed by atoms with Gasteiger partial charge in [-0.05, 0) is 26.0 Å². The summed E-state index contributed by atoms with van der Waals surface area (Å²) in [5.74, 6) is 0.923. The van der Waals surface area contributed by atoms with Gasteiger partial charge in [0.1, 0.15) is 5.82 Å². The van der Waals surface area contributed by atoms with Gasteiger partial charge in [0.2, 0.25) is 0 Å². The van der Waals surface area contributed by atoms with Crippen molar-refractivity contribution >= 4 is 5.57 Å². The lowest BCUT2D eigenvalue weighted by atomic mass is 10.2. The Hall–Kier alpha value is -1.35. The van der Waals surface area contributed by atoms with Crippen LogP contribution in [-0.4, -0.2) is 16.5 Å². The average Bonchev–Trinajstić information content (AvgIpc) is 2.63. The summed E-state index contributed by atoms with van der Waals surface area (Å²) in [5.41, 5.74) is 7.68. The molecule has 1 heterocycles. The molecule has 0 radical (unpaired) electrons. The van der Waals surface area contributed by atoms with Crippen molar-refractivity contribution < 1.29 is 0 Å². The predicted octanol–water partition coefficient (Wildman–Crippen LogP) is 1.89. The number of allylic oxidation sites excluding steroid dienone is 4. The van der Waals surface area contributed by atoms with Crippen molar-refractivity contribution in [3.05, 3.63) is 35.9 Å². The molecule has 0 bridgehead atoms. The minimum atomic E-state index is 0.652. The second-order valence-corrected chi connectivity index (χ2v) is 3.17. The van der Waals surface area contributed by atoms with Gasteiger partial charge in [-0.1, -0.05) is 18.2 Å². The monoisotopic (exact) mass is 191 g/mol. The van der Waals surface area contributed by atoms with Crippen LogP contribution in [0.4, 0.5) is 0 Å². The summed E-state index contributed by atoms with van der Waals surface area (Å²) in [6, 6.07) is 0. The molecule has 0 aliphatic rings. The van der Waals surface area contributed by atoms with Crippen LogP contribution in [0.15, 0.2) is 24.4 Å². The van der Waals surface area contributed by atoms with E-state index < -0.39 is 0 Å². The van der Waals surface area contributed by atoms with Gasteiger partial charge in [-0.15, -0.1) is 0 Å². The highest BCUT2D eigenvalue weighted by atomic mass is 14.9. The summed E-state index contributed by atoms with van der Waals surface area (Å²) < 4.78 is 0. The molecule has 0 atom stereocenters. The van der Waals surface area contributed by atoms with Gasteiger partial charge in [-0.2, -0.15) is 0 Å². The van der Waals surface area contributed by atoms with Crippen LogP contribution in [0.2, 0.25) is 0 Å². The van der Waals surface area contributed by atoms with Gasteiger partial charge in [-0.3, -0.25) is 0 Å². The molecule has 1 aromatic heterocycles. The number of nitrogens with one attached hydrogen (secondary N) is 1. The Balaban J connectivity index is 2.75. The zero-order valence-corrected chi connectivity index (χ0v) is 8.75. The maximum atomic E-state index is 5.45. The van der Waals surface area contributed by atoms with Gasteiger partial charge in [0.25, 0.3) is 0 Å². The van der Waals surface area contributed by atoms with E-state index in [2.05, 4.69) is 9.97 Å². The van der Waals surface area contributed by atoms with Crippen LogP contribution in [0.3, 0.4) is 0 Å². The maximum Gasteiger partial charge on any atom is 0.133 e. The molecule has 0 saturated carbocycles. The summed E-state index contributed by atoms with van der Waals surface area (Å²) in [6.45, 7) is 4.68. The number of hydrogen-bond donors (Lipinski definition) is 2. The molecule has 76 valence electrons. The summed E-state index contributed by atoms with van der Waals surface area (Å²) in [6.07, 6.45) is 8.72. The molecule has 0 aliphatic carbocycles. The number of aromatic amines is 1. The highest BCUT2D eigenvalue weighted by Gasteiger charge is 2.00. The first-order chi connectivity index (χ1) is 6.77. The van der Waals surface area contributed by atoms with Crippen molar-refractivity contribution in [2.24, 2.45) is 5.73 Å². The van der Waals surface area contributed by atoms with Crippen molar-refractivity contribution in [2.75, 3.05) is 6.54 Å². The first kappa shape index (κ1) is 10.7. The Bertz CT molecular complexity index is 334. The van der Waals surface area contributed by atoms with Crippen LogP contribution in [0.25, 0.3) is 5.57 Å². The molecular weight excluding hydrogens is 174 g/mol. The minimum absolute atomic E-state index is 0.652. The molecule has 0 amide bonds. The topological polar surface area (TPSA) is 54.7 Å². The number of nitrogens with two attached hydrogens (primary N) is 1. The molecule has 1 rings (SSSR count). The molecule has 14 heavy (non-hydrogen) atoms. The summed E-state index contributed by atoms with van der Waals surface area (Å²) >= 11 is 0. The van der Waals surface area contributed by atoms with Crippen molar-refractivity contribution in [3.8, 4) is 0 Å². The van der Waals surface area contributed by atoms with E-state index in [-0.39, 0.29) is 0 Å². The van der Waals surface area contributed by atoms with Crippen LogP contribution in [-0.2, 0) is 6.42 Å². The summed E-state index contributed by atoms with van der Waals surface area (Å²) in [4.78, 5) is 7.50. The predicted molar refractivity (Wildman–Crippen MR) is 59.8 cm³/mol. The number of aromatic nitrogens is 2. The maximum absolute atomic E-state index is 5.45. The standard InChI is InChI=1S/C11H17N3/c1-3-4-5-9(2)11-13-8-10(14-11)6-7-12/h3-5,8H,6-7,12H2,1-2H3,(H,13,14)/b4-3-,9-5+. The van der Waals surface area contributed by atoms with Crippen molar-refractivity contribution in [1.29, 1.82) is 0 Å². The second kappa shape index (κ2) is 5.40. The number of hydrogen-bond acceptors (Lipinski definition) is 2. The number of H-pyrrole nitrogens is 1. The van der Waals surface area contributed by atoms with E-state index in [4.69, 9.17) is 5.73 Å². The third-order valence-corrected chi connectivity index (χ3v) is 1.95. The van der Waals surface area contributed by atoms with Crippen LogP contribution < -0.4 is 5.73 Å². The lowest BCUT2D eigenvalue weighted by Crippen LogP contribution is -2.02. The lowest BCUT2D eigenvalue weighted by molar-refractivity contribution is 0.933. The average molecular weight is 191 g/mol. The molecular formula is C11H17N3. The molecule has 0 aliphatic heterocycles. The third kappa shape index (κ3) is 2.85. The smallest absolute Gasteiger partial charge is 0.133 e. The first-order valence-corrected chi connectivity index (χ1v) is 4.81. The SMILES string of the molecule is C/C=C\C=C(/C)c1ncc(CCN)[nH]1. The van der Waals surface area contributed by atoms with Crippen molar-refractivity contribution in [2.45, 2.75) is 20.3 Å². The molecule has 0 saturated heterocycles. The fourth-order valence-electron chi connectivity index (χ4n) is 1.16. The first-order valence-electron chi connectivity index (χ1n) is 4.81. The molecule has 0 spiro atoms. The van der Waals surface area contributed by atoms with Gasteiger partial charge in [0.15, 0.2) is 0 Å². The fourth-order valence-corrected chi connectivity index (χ4v) is 1.16. The Morgan fingerprint density at radius 2 is 2.43 bits per heavy atom. The molecule has 3 heteroatoms. The van der Waals surface area contributed by atoms with E-state index >= 15 is 0 Å². The Morgan fingerprint density at radius 3 is 3.07 bits per heavy atom. The highest BCUT2D eigenvalue weighted by Crippen LogP contribution is 2.09. The zero-order chi connectivity index (χ0) is 10.4. The second-order valence-electron chi connectivity index (χ2n) is 3.17.